The fourth-order valence-corrected chi connectivity index (χ4v) is 2.50. The van der Waals surface area contributed by atoms with Gasteiger partial charge < -0.3 is 18.8 Å². The molecule has 1 aromatic heterocycles. The van der Waals surface area contributed by atoms with Crippen molar-refractivity contribution in [3.63, 3.8) is 0 Å². The molecule has 0 bridgehead atoms. The highest BCUT2D eigenvalue weighted by Crippen LogP contribution is 2.29. The molecule has 1 saturated heterocycles. The molecule has 0 unspecified atom stereocenters. The van der Waals surface area contributed by atoms with Crippen molar-refractivity contribution in [1.82, 2.24) is 15.1 Å². The van der Waals surface area contributed by atoms with Gasteiger partial charge in [0, 0.05) is 12.5 Å². The van der Waals surface area contributed by atoms with Crippen LogP contribution >= 0.6 is 0 Å². The highest BCUT2D eigenvalue weighted by atomic mass is 16.5. The average Bonchev–Trinajstić information content (AvgIpc) is 3.25. The summed E-state index contributed by atoms with van der Waals surface area (Å²) in [4.78, 5) is 14.3. The molecule has 0 radical (unpaired) electrons. The van der Waals surface area contributed by atoms with Crippen molar-refractivity contribution in [2.75, 3.05) is 26.3 Å². The first-order valence-corrected chi connectivity index (χ1v) is 8.40. The minimum absolute atomic E-state index is 0.00236. The first-order valence-electron chi connectivity index (χ1n) is 8.40. The van der Waals surface area contributed by atoms with Gasteiger partial charge in [0.15, 0.2) is 6.10 Å². The molecule has 7 nitrogen and oxygen atoms in total. The summed E-state index contributed by atoms with van der Waals surface area (Å²) in [6.07, 6.45) is 1.66. The predicted octanol–water partition coefficient (Wildman–Crippen LogP) is 1.91. The summed E-state index contributed by atoms with van der Waals surface area (Å²) >= 11 is 0. The van der Waals surface area contributed by atoms with Gasteiger partial charge in [-0.2, -0.15) is 0 Å². The monoisotopic (exact) mass is 323 g/mol. The number of hydrogen-bond acceptors (Lipinski definition) is 6. The van der Waals surface area contributed by atoms with E-state index < -0.39 is 6.10 Å². The summed E-state index contributed by atoms with van der Waals surface area (Å²) in [5.74, 6) is 1.86. The Morgan fingerprint density at radius 3 is 2.78 bits per heavy atom. The number of rotatable bonds is 6. The molecule has 2 aliphatic rings. The van der Waals surface area contributed by atoms with E-state index in [2.05, 4.69) is 10.2 Å². The van der Waals surface area contributed by atoms with Crippen LogP contribution in [0, 0.1) is 5.92 Å². The van der Waals surface area contributed by atoms with Crippen LogP contribution < -0.4 is 0 Å². The van der Waals surface area contributed by atoms with Gasteiger partial charge in [-0.15, -0.1) is 10.2 Å². The van der Waals surface area contributed by atoms with Gasteiger partial charge in [-0.1, -0.05) is 13.8 Å². The van der Waals surface area contributed by atoms with Crippen LogP contribution in [0.15, 0.2) is 4.42 Å². The summed E-state index contributed by atoms with van der Waals surface area (Å²) in [7, 11) is 0. The molecule has 7 heteroatoms. The van der Waals surface area contributed by atoms with Crippen LogP contribution in [0.2, 0.25) is 0 Å². The van der Waals surface area contributed by atoms with E-state index in [1.54, 1.807) is 4.90 Å². The SMILES string of the molecule is CC(C)c1nnc([C@H]2CN(C(=O)[C@@H](C)OCC3CC3)CCO2)o1. The van der Waals surface area contributed by atoms with Crippen LogP contribution in [-0.4, -0.2) is 53.4 Å². The van der Waals surface area contributed by atoms with Gasteiger partial charge >= 0.3 is 0 Å². The van der Waals surface area contributed by atoms with Gasteiger partial charge in [-0.3, -0.25) is 4.79 Å². The van der Waals surface area contributed by atoms with Crippen molar-refractivity contribution in [3.05, 3.63) is 11.8 Å². The average molecular weight is 323 g/mol. The molecule has 3 rings (SSSR count). The number of ether oxygens (including phenoxy) is 2. The largest absolute Gasteiger partial charge is 0.422 e. The van der Waals surface area contributed by atoms with Gasteiger partial charge in [0.05, 0.1) is 19.8 Å². The fraction of sp³-hybridized carbons (Fsp3) is 0.812. The van der Waals surface area contributed by atoms with Crippen molar-refractivity contribution in [3.8, 4) is 0 Å². The van der Waals surface area contributed by atoms with Crippen molar-refractivity contribution < 1.29 is 18.7 Å². The molecule has 1 aromatic rings. The Bertz CT molecular complexity index is 541. The Labute approximate surface area is 136 Å². The smallest absolute Gasteiger partial charge is 0.251 e. The quantitative estimate of drug-likeness (QED) is 0.796. The van der Waals surface area contributed by atoms with Crippen LogP contribution in [0.3, 0.4) is 0 Å². The van der Waals surface area contributed by atoms with Crippen molar-refractivity contribution >= 4 is 5.91 Å². The zero-order chi connectivity index (χ0) is 16.4. The van der Waals surface area contributed by atoms with Crippen LogP contribution in [0.5, 0.6) is 0 Å². The Kier molecular flexibility index (Phi) is 4.96. The lowest BCUT2D eigenvalue weighted by molar-refractivity contribution is -0.151. The zero-order valence-electron chi connectivity index (χ0n) is 14.0. The summed E-state index contributed by atoms with van der Waals surface area (Å²) in [6, 6.07) is 0. The van der Waals surface area contributed by atoms with E-state index in [-0.39, 0.29) is 17.9 Å². The standard InChI is InChI=1S/C16H25N3O4/c1-10(2)14-17-18-15(23-14)13-8-19(6-7-21-13)16(20)11(3)22-9-12-4-5-12/h10-13H,4-9H2,1-3H3/t11-,13-/m1/s1. The summed E-state index contributed by atoms with van der Waals surface area (Å²) in [5.41, 5.74) is 0. The maximum Gasteiger partial charge on any atom is 0.251 e. The highest BCUT2D eigenvalue weighted by Gasteiger charge is 2.32. The normalized spacial score (nSPS) is 23.3. The van der Waals surface area contributed by atoms with E-state index in [9.17, 15) is 4.79 Å². The van der Waals surface area contributed by atoms with Crippen LogP contribution in [0.25, 0.3) is 0 Å². The second-order valence-corrected chi connectivity index (χ2v) is 6.70. The maximum absolute atomic E-state index is 12.5. The van der Waals surface area contributed by atoms with Gasteiger partial charge in [-0.25, -0.2) is 0 Å². The first kappa shape index (κ1) is 16.4. The van der Waals surface area contributed by atoms with E-state index in [0.29, 0.717) is 44.0 Å². The Morgan fingerprint density at radius 1 is 1.35 bits per heavy atom. The summed E-state index contributed by atoms with van der Waals surface area (Å²) in [6.45, 7) is 7.95. The lowest BCUT2D eigenvalue weighted by Gasteiger charge is -2.32. The van der Waals surface area contributed by atoms with Gasteiger partial charge in [0.1, 0.15) is 6.10 Å². The molecule has 23 heavy (non-hydrogen) atoms. The molecule has 1 aliphatic heterocycles. The third kappa shape index (κ3) is 4.09. The maximum atomic E-state index is 12.5. The second kappa shape index (κ2) is 6.97. The number of nitrogens with zero attached hydrogens (tertiary/aromatic N) is 3. The molecular formula is C16H25N3O4. The van der Waals surface area contributed by atoms with Gasteiger partial charge in [0.2, 0.25) is 11.8 Å². The molecule has 0 spiro atoms. The third-order valence-corrected chi connectivity index (χ3v) is 4.23. The van der Waals surface area contributed by atoms with Gasteiger partial charge in [0.25, 0.3) is 5.91 Å². The second-order valence-electron chi connectivity index (χ2n) is 6.70. The predicted molar refractivity (Wildman–Crippen MR) is 81.8 cm³/mol. The number of carbonyl (C=O) groups excluding carboxylic acids is 1. The Balaban J connectivity index is 1.56. The van der Waals surface area contributed by atoms with E-state index in [4.69, 9.17) is 13.9 Å². The zero-order valence-corrected chi connectivity index (χ0v) is 14.0. The molecular weight excluding hydrogens is 298 g/mol. The molecule has 1 aliphatic carbocycles. The summed E-state index contributed by atoms with van der Waals surface area (Å²) < 4.78 is 17.0. The van der Waals surface area contributed by atoms with Crippen molar-refractivity contribution in [1.29, 1.82) is 0 Å². The topological polar surface area (TPSA) is 77.7 Å². The molecule has 2 heterocycles. The minimum atomic E-state index is -0.414. The molecule has 0 aromatic carbocycles. The molecule has 0 N–H and O–H groups in total. The van der Waals surface area contributed by atoms with Gasteiger partial charge in [-0.05, 0) is 25.7 Å². The number of morpholine rings is 1. The molecule has 1 saturated carbocycles. The van der Waals surface area contributed by atoms with E-state index in [1.807, 2.05) is 20.8 Å². The van der Waals surface area contributed by atoms with E-state index in [1.165, 1.54) is 12.8 Å². The minimum Gasteiger partial charge on any atom is -0.422 e. The van der Waals surface area contributed by atoms with Crippen LogP contribution in [-0.2, 0) is 14.3 Å². The number of hydrogen-bond donors (Lipinski definition) is 0. The Morgan fingerprint density at radius 2 is 2.13 bits per heavy atom. The Hall–Kier alpha value is -1.47. The molecule has 1 amide bonds. The molecule has 2 fully saturated rings. The summed E-state index contributed by atoms with van der Waals surface area (Å²) in [5, 5.41) is 8.08. The molecule has 128 valence electrons. The molecule has 2 atom stereocenters. The van der Waals surface area contributed by atoms with Crippen molar-refractivity contribution in [2.45, 2.75) is 51.7 Å². The highest BCUT2D eigenvalue weighted by molar-refractivity contribution is 5.80. The van der Waals surface area contributed by atoms with Crippen molar-refractivity contribution in [2.24, 2.45) is 5.92 Å². The van der Waals surface area contributed by atoms with Crippen LogP contribution in [0.4, 0.5) is 0 Å². The number of amides is 1. The lowest BCUT2D eigenvalue weighted by Crippen LogP contribution is -2.46. The number of aromatic nitrogens is 2. The van der Waals surface area contributed by atoms with E-state index >= 15 is 0 Å². The van der Waals surface area contributed by atoms with E-state index in [0.717, 1.165) is 0 Å². The first-order chi connectivity index (χ1) is 11.0. The van der Waals surface area contributed by atoms with Crippen LogP contribution in [0.1, 0.15) is 57.4 Å². The lowest BCUT2D eigenvalue weighted by atomic mass is 10.2. The third-order valence-electron chi connectivity index (χ3n) is 4.23. The fourth-order valence-electron chi connectivity index (χ4n) is 2.50. The number of carbonyl (C=O) groups is 1.